The van der Waals surface area contributed by atoms with Gasteiger partial charge in [0.1, 0.15) is 0 Å². The Morgan fingerprint density at radius 3 is 2.40 bits per heavy atom. The van der Waals surface area contributed by atoms with Crippen molar-refractivity contribution in [2.24, 2.45) is 0 Å². The molecule has 2 aromatic carbocycles. The van der Waals surface area contributed by atoms with Crippen molar-refractivity contribution < 1.29 is 18.0 Å². The lowest BCUT2D eigenvalue weighted by atomic mass is 10.2. The van der Waals surface area contributed by atoms with Crippen LogP contribution in [0.3, 0.4) is 0 Å². The van der Waals surface area contributed by atoms with Crippen molar-refractivity contribution in [1.82, 2.24) is 10.4 Å². The fourth-order valence-corrected chi connectivity index (χ4v) is 2.63. The average molecular weight is 436 g/mol. The van der Waals surface area contributed by atoms with Crippen LogP contribution in [0.25, 0.3) is 0 Å². The van der Waals surface area contributed by atoms with Gasteiger partial charge in [-0.3, -0.25) is 4.98 Å². The number of halogens is 4. The molecule has 0 aliphatic carbocycles. The highest BCUT2D eigenvalue weighted by Gasteiger charge is 2.31. The van der Waals surface area contributed by atoms with Crippen molar-refractivity contribution in [3.05, 3.63) is 83.1 Å². The molecule has 30 heavy (non-hydrogen) atoms. The topological polar surface area (TPSA) is 78.1 Å². The number of hydrogen-bond donors (Lipinski definition) is 4. The van der Waals surface area contributed by atoms with E-state index in [0.717, 1.165) is 29.4 Å². The molecule has 1 heterocycles. The summed E-state index contributed by atoms with van der Waals surface area (Å²) in [5, 5.41) is 4.86. The highest BCUT2D eigenvalue weighted by molar-refractivity contribution is 6.33. The van der Waals surface area contributed by atoms with Crippen LogP contribution in [-0.4, -0.2) is 11.0 Å². The van der Waals surface area contributed by atoms with Crippen LogP contribution in [0.2, 0.25) is 5.02 Å². The number of carbonyl (C=O) groups is 1. The third-order valence-electron chi connectivity index (χ3n) is 3.93. The molecular formula is C20H17ClF3N5O. The van der Waals surface area contributed by atoms with Crippen LogP contribution in [0.4, 0.5) is 35.0 Å². The highest BCUT2D eigenvalue weighted by Crippen LogP contribution is 2.33. The van der Waals surface area contributed by atoms with E-state index in [1.807, 2.05) is 12.1 Å². The third-order valence-corrected chi connectivity index (χ3v) is 4.26. The summed E-state index contributed by atoms with van der Waals surface area (Å²) in [6.45, 7) is 0.563. The lowest BCUT2D eigenvalue weighted by molar-refractivity contribution is -0.137. The molecule has 1 aromatic heterocycles. The van der Waals surface area contributed by atoms with Gasteiger partial charge in [0.25, 0.3) is 0 Å². The predicted octanol–water partition coefficient (Wildman–Crippen LogP) is 5.51. The Bertz CT molecular complexity index is 998. The van der Waals surface area contributed by atoms with Crippen LogP contribution in [0.15, 0.2) is 67.0 Å². The molecule has 3 rings (SSSR count). The van der Waals surface area contributed by atoms with E-state index in [2.05, 4.69) is 26.5 Å². The number of nitrogens with one attached hydrogen (secondary N) is 4. The molecule has 0 radical (unpaired) electrons. The minimum absolute atomic E-state index is 0.00242. The Morgan fingerprint density at radius 2 is 1.73 bits per heavy atom. The maximum Gasteiger partial charge on any atom is 0.416 e. The van der Waals surface area contributed by atoms with Gasteiger partial charge in [0.05, 0.1) is 16.3 Å². The number of amides is 2. The van der Waals surface area contributed by atoms with Crippen LogP contribution < -0.4 is 21.5 Å². The van der Waals surface area contributed by atoms with E-state index < -0.39 is 17.8 Å². The van der Waals surface area contributed by atoms with E-state index in [1.165, 1.54) is 0 Å². The van der Waals surface area contributed by atoms with Gasteiger partial charge < -0.3 is 16.1 Å². The van der Waals surface area contributed by atoms with Crippen LogP contribution in [0, 0.1) is 0 Å². The second-order valence-electron chi connectivity index (χ2n) is 6.19. The zero-order valence-electron chi connectivity index (χ0n) is 15.4. The van der Waals surface area contributed by atoms with Crippen molar-refractivity contribution in [2.45, 2.75) is 12.7 Å². The fourth-order valence-electron chi connectivity index (χ4n) is 2.47. The molecule has 0 aliphatic heterocycles. The summed E-state index contributed by atoms with van der Waals surface area (Å²) in [4.78, 5) is 16.1. The van der Waals surface area contributed by atoms with Gasteiger partial charge in [0.15, 0.2) is 0 Å². The summed E-state index contributed by atoms with van der Waals surface area (Å²) >= 11 is 5.88. The number of hydrogen-bond acceptors (Lipinski definition) is 4. The maximum absolute atomic E-state index is 12.8. The molecule has 0 aliphatic rings. The lowest BCUT2D eigenvalue weighted by Crippen LogP contribution is -2.21. The summed E-state index contributed by atoms with van der Waals surface area (Å²) in [6.07, 6.45) is -1.10. The Balaban J connectivity index is 1.53. The first-order valence-corrected chi connectivity index (χ1v) is 9.11. The smallest absolute Gasteiger partial charge is 0.321 e. The normalized spacial score (nSPS) is 11.1. The number of aromatic nitrogens is 1. The Hall–Kier alpha value is -3.30. The van der Waals surface area contributed by atoms with Gasteiger partial charge in [-0.25, -0.2) is 10.2 Å². The molecule has 3 aromatic rings. The number of rotatable bonds is 6. The number of alkyl halides is 3. The standard InChI is InChI=1S/C20H17ClF3N5O/c21-17-8-3-14(20(22,23)24)10-18(17)28-19(30)27-15-4-6-16(7-5-15)29-26-12-13-2-1-9-25-11-13/h1-11,26,29H,12H2,(H2,27,28,30). The van der Waals surface area contributed by atoms with Crippen molar-refractivity contribution >= 4 is 34.7 Å². The molecular weight excluding hydrogens is 419 g/mol. The molecule has 156 valence electrons. The van der Waals surface area contributed by atoms with Gasteiger partial charge in [0.2, 0.25) is 0 Å². The molecule has 0 saturated carbocycles. The lowest BCUT2D eigenvalue weighted by Gasteiger charge is -2.13. The number of benzene rings is 2. The van der Waals surface area contributed by atoms with Crippen LogP contribution >= 0.6 is 11.6 Å². The first kappa shape index (κ1) is 21.4. The molecule has 0 bridgehead atoms. The van der Waals surface area contributed by atoms with E-state index in [9.17, 15) is 18.0 Å². The summed E-state index contributed by atoms with van der Waals surface area (Å²) in [5.74, 6) is 0. The number of urea groups is 1. The number of pyridine rings is 1. The van der Waals surface area contributed by atoms with E-state index in [-0.39, 0.29) is 10.7 Å². The largest absolute Gasteiger partial charge is 0.416 e. The molecule has 2 amide bonds. The van der Waals surface area contributed by atoms with Gasteiger partial charge in [-0.15, -0.1) is 0 Å². The zero-order valence-corrected chi connectivity index (χ0v) is 16.2. The van der Waals surface area contributed by atoms with Gasteiger partial charge in [-0.05, 0) is 54.1 Å². The minimum Gasteiger partial charge on any atom is -0.321 e. The van der Waals surface area contributed by atoms with E-state index in [4.69, 9.17) is 11.6 Å². The molecule has 4 N–H and O–H groups in total. The van der Waals surface area contributed by atoms with Crippen LogP contribution in [0.1, 0.15) is 11.1 Å². The quantitative estimate of drug-likeness (QED) is 0.385. The van der Waals surface area contributed by atoms with Crippen LogP contribution in [0.5, 0.6) is 0 Å². The molecule has 6 nitrogen and oxygen atoms in total. The summed E-state index contributed by atoms with van der Waals surface area (Å²) in [6, 6.07) is 12.5. The van der Waals surface area contributed by atoms with Crippen molar-refractivity contribution in [2.75, 3.05) is 16.1 Å². The van der Waals surface area contributed by atoms with Crippen molar-refractivity contribution in [3.8, 4) is 0 Å². The maximum atomic E-state index is 12.8. The predicted molar refractivity (Wildman–Crippen MR) is 110 cm³/mol. The van der Waals surface area contributed by atoms with Gasteiger partial charge in [-0.1, -0.05) is 17.7 Å². The summed E-state index contributed by atoms with van der Waals surface area (Å²) in [5.41, 5.74) is 7.22. The third kappa shape index (κ3) is 6.10. The van der Waals surface area contributed by atoms with E-state index in [0.29, 0.717) is 12.2 Å². The Kier molecular flexibility index (Phi) is 6.76. The van der Waals surface area contributed by atoms with E-state index in [1.54, 1.807) is 36.7 Å². The molecule has 0 saturated heterocycles. The highest BCUT2D eigenvalue weighted by atomic mass is 35.5. The van der Waals surface area contributed by atoms with Gasteiger partial charge in [-0.2, -0.15) is 13.2 Å². The van der Waals surface area contributed by atoms with Gasteiger partial charge in [0, 0.05) is 30.3 Å². The fraction of sp³-hybridized carbons (Fsp3) is 0.100. The monoisotopic (exact) mass is 435 g/mol. The SMILES string of the molecule is O=C(Nc1ccc(NNCc2cccnc2)cc1)Nc1cc(C(F)(F)F)ccc1Cl. The van der Waals surface area contributed by atoms with Crippen molar-refractivity contribution in [1.29, 1.82) is 0 Å². The molecule has 0 fully saturated rings. The van der Waals surface area contributed by atoms with Crippen LogP contribution in [-0.2, 0) is 12.7 Å². The average Bonchev–Trinajstić information content (AvgIpc) is 2.71. The molecule has 0 atom stereocenters. The van der Waals surface area contributed by atoms with E-state index >= 15 is 0 Å². The Morgan fingerprint density at radius 1 is 1.00 bits per heavy atom. The first-order chi connectivity index (χ1) is 14.3. The van der Waals surface area contributed by atoms with Gasteiger partial charge >= 0.3 is 12.2 Å². The minimum atomic E-state index is -4.54. The summed E-state index contributed by atoms with van der Waals surface area (Å²) in [7, 11) is 0. The molecule has 0 spiro atoms. The molecule has 10 heteroatoms. The number of carbonyl (C=O) groups excluding carboxylic acids is 1. The summed E-state index contributed by atoms with van der Waals surface area (Å²) < 4.78 is 38.5. The molecule has 0 unspecified atom stereocenters. The zero-order chi connectivity index (χ0) is 21.6. The number of hydrazine groups is 1. The number of nitrogens with zero attached hydrogens (tertiary/aromatic N) is 1. The van der Waals surface area contributed by atoms with Crippen molar-refractivity contribution in [3.63, 3.8) is 0 Å². The Labute approximate surface area is 175 Å². The first-order valence-electron chi connectivity index (χ1n) is 8.74. The second-order valence-corrected chi connectivity index (χ2v) is 6.60. The second kappa shape index (κ2) is 9.47. The number of anilines is 3.